The highest BCUT2D eigenvalue weighted by Gasteiger charge is 2.52. The zero-order valence-electron chi connectivity index (χ0n) is 14.5. The molecule has 1 aromatic heterocycles. The van der Waals surface area contributed by atoms with Crippen LogP contribution >= 0.6 is 11.8 Å². The van der Waals surface area contributed by atoms with Crippen molar-refractivity contribution < 1.29 is 9.59 Å². The molecule has 3 aliphatic rings. The van der Waals surface area contributed by atoms with E-state index in [1.54, 1.807) is 16.7 Å². The molecule has 25 heavy (non-hydrogen) atoms. The number of anilines is 1. The maximum atomic E-state index is 12.6. The Morgan fingerprint density at radius 3 is 3.04 bits per heavy atom. The van der Waals surface area contributed by atoms with E-state index in [9.17, 15) is 9.59 Å². The normalized spacial score (nSPS) is 28.5. The fourth-order valence-corrected chi connectivity index (χ4v) is 5.44. The average Bonchev–Trinajstić information content (AvgIpc) is 3.31. The lowest BCUT2D eigenvalue weighted by Crippen LogP contribution is -2.49. The highest BCUT2D eigenvalue weighted by molar-refractivity contribution is 8.01. The number of thioether (sulfide) groups is 1. The molecule has 4 heterocycles. The molecule has 0 spiro atoms. The molecule has 3 fully saturated rings. The zero-order valence-corrected chi connectivity index (χ0v) is 15.3. The summed E-state index contributed by atoms with van der Waals surface area (Å²) in [6, 6.07) is 3.65. The minimum Gasteiger partial charge on any atom is -0.357 e. The number of hydrogen-bond acceptors (Lipinski definition) is 5. The largest absolute Gasteiger partial charge is 0.357 e. The van der Waals surface area contributed by atoms with Crippen molar-refractivity contribution in [2.75, 3.05) is 23.7 Å². The number of hydrogen-bond donors (Lipinski definition) is 1. The van der Waals surface area contributed by atoms with E-state index < -0.39 is 0 Å². The van der Waals surface area contributed by atoms with E-state index in [0.717, 1.165) is 30.9 Å². The SMILES string of the molecule is C[C@]12CCC(=O)N1[C@H](C(=O)NCc1ccnc(N3CCCC3)c1)CS2. The molecule has 3 saturated heterocycles. The second-order valence-corrected chi connectivity index (χ2v) is 8.70. The van der Waals surface area contributed by atoms with Crippen molar-refractivity contribution in [3.05, 3.63) is 23.9 Å². The monoisotopic (exact) mass is 360 g/mol. The standard InChI is InChI=1S/C18H24N4O2S/c1-18-6-4-16(23)22(18)14(12-25-18)17(24)20-11-13-5-7-19-15(10-13)21-8-2-3-9-21/h5,7,10,14H,2-4,6,8-9,11-12H2,1H3,(H,20,24)/t14-,18-/m0/s1. The van der Waals surface area contributed by atoms with E-state index in [1.165, 1.54) is 12.8 Å². The van der Waals surface area contributed by atoms with Gasteiger partial charge in [-0.2, -0.15) is 0 Å². The number of aromatic nitrogens is 1. The van der Waals surface area contributed by atoms with Gasteiger partial charge in [0.1, 0.15) is 11.9 Å². The molecule has 7 heteroatoms. The van der Waals surface area contributed by atoms with Crippen LogP contribution in [-0.4, -0.2) is 51.5 Å². The lowest BCUT2D eigenvalue weighted by molar-refractivity contribution is -0.138. The van der Waals surface area contributed by atoms with Crippen LogP contribution in [0.2, 0.25) is 0 Å². The number of fused-ring (bicyclic) bond motifs is 1. The van der Waals surface area contributed by atoms with Gasteiger partial charge in [0.25, 0.3) is 0 Å². The molecular weight excluding hydrogens is 336 g/mol. The molecular formula is C18H24N4O2S. The first-order valence-electron chi connectivity index (χ1n) is 9.00. The van der Waals surface area contributed by atoms with Crippen molar-refractivity contribution in [1.29, 1.82) is 0 Å². The summed E-state index contributed by atoms with van der Waals surface area (Å²) in [5.74, 6) is 1.73. The maximum absolute atomic E-state index is 12.6. The van der Waals surface area contributed by atoms with Crippen LogP contribution in [0.1, 0.15) is 38.2 Å². The number of carbonyl (C=O) groups is 2. The predicted octanol–water partition coefficient (Wildman–Crippen LogP) is 1.75. The molecule has 0 bridgehead atoms. The molecule has 0 aliphatic carbocycles. The molecule has 6 nitrogen and oxygen atoms in total. The highest BCUT2D eigenvalue weighted by Crippen LogP contribution is 2.47. The number of rotatable bonds is 4. The lowest BCUT2D eigenvalue weighted by atomic mass is 10.2. The first-order valence-corrected chi connectivity index (χ1v) is 9.99. The van der Waals surface area contributed by atoms with Crippen molar-refractivity contribution in [1.82, 2.24) is 15.2 Å². The fourth-order valence-electron chi connectivity index (χ4n) is 4.01. The number of pyridine rings is 1. The molecule has 0 aromatic carbocycles. The Bertz CT molecular complexity index is 691. The molecule has 1 aromatic rings. The molecule has 0 saturated carbocycles. The molecule has 3 aliphatic heterocycles. The van der Waals surface area contributed by atoms with Crippen molar-refractivity contribution in [3.63, 3.8) is 0 Å². The van der Waals surface area contributed by atoms with Crippen LogP contribution in [0.25, 0.3) is 0 Å². The third-order valence-electron chi connectivity index (χ3n) is 5.45. The van der Waals surface area contributed by atoms with Gasteiger partial charge in [0.2, 0.25) is 11.8 Å². The Morgan fingerprint density at radius 2 is 2.24 bits per heavy atom. The van der Waals surface area contributed by atoms with Crippen LogP contribution in [0, 0.1) is 0 Å². The van der Waals surface area contributed by atoms with E-state index in [4.69, 9.17) is 0 Å². The Balaban J connectivity index is 1.39. The van der Waals surface area contributed by atoms with Gasteiger partial charge in [-0.15, -0.1) is 11.8 Å². The van der Waals surface area contributed by atoms with E-state index in [-0.39, 0.29) is 22.7 Å². The van der Waals surface area contributed by atoms with Crippen molar-refractivity contribution in [3.8, 4) is 0 Å². The van der Waals surface area contributed by atoms with Gasteiger partial charge in [0.05, 0.1) is 4.87 Å². The molecule has 134 valence electrons. The number of amides is 2. The van der Waals surface area contributed by atoms with Crippen LogP contribution < -0.4 is 10.2 Å². The number of nitrogens with one attached hydrogen (secondary N) is 1. The topological polar surface area (TPSA) is 65.5 Å². The van der Waals surface area contributed by atoms with Crippen LogP contribution in [0.4, 0.5) is 5.82 Å². The Labute approximate surface area is 152 Å². The summed E-state index contributed by atoms with van der Waals surface area (Å²) in [6.45, 7) is 4.65. The molecule has 0 unspecified atom stereocenters. The van der Waals surface area contributed by atoms with Gasteiger partial charge >= 0.3 is 0 Å². The Hall–Kier alpha value is -1.76. The second-order valence-electron chi connectivity index (χ2n) is 7.20. The summed E-state index contributed by atoms with van der Waals surface area (Å²) in [7, 11) is 0. The maximum Gasteiger partial charge on any atom is 0.243 e. The smallest absolute Gasteiger partial charge is 0.243 e. The first kappa shape index (κ1) is 16.7. The second kappa shape index (κ2) is 6.52. The molecule has 1 N–H and O–H groups in total. The predicted molar refractivity (Wildman–Crippen MR) is 98.3 cm³/mol. The lowest BCUT2D eigenvalue weighted by Gasteiger charge is -2.29. The number of nitrogens with zero attached hydrogens (tertiary/aromatic N) is 3. The van der Waals surface area contributed by atoms with Gasteiger partial charge in [0.15, 0.2) is 0 Å². The van der Waals surface area contributed by atoms with Gasteiger partial charge in [-0.05, 0) is 43.9 Å². The summed E-state index contributed by atoms with van der Waals surface area (Å²) >= 11 is 1.72. The first-order chi connectivity index (χ1) is 12.1. The average molecular weight is 360 g/mol. The minimum absolute atomic E-state index is 0.0500. The van der Waals surface area contributed by atoms with Crippen molar-refractivity contribution in [2.24, 2.45) is 0 Å². The third-order valence-corrected chi connectivity index (χ3v) is 6.96. The minimum atomic E-state index is -0.343. The van der Waals surface area contributed by atoms with Crippen molar-refractivity contribution in [2.45, 2.75) is 50.1 Å². The van der Waals surface area contributed by atoms with Crippen LogP contribution in [-0.2, 0) is 16.1 Å². The van der Waals surface area contributed by atoms with E-state index in [2.05, 4.69) is 28.2 Å². The summed E-state index contributed by atoms with van der Waals surface area (Å²) in [5, 5.41) is 3.02. The third kappa shape index (κ3) is 3.10. The van der Waals surface area contributed by atoms with Crippen LogP contribution in [0.5, 0.6) is 0 Å². The van der Waals surface area contributed by atoms with Crippen molar-refractivity contribution >= 4 is 29.4 Å². The van der Waals surface area contributed by atoms with Gasteiger partial charge in [-0.1, -0.05) is 0 Å². The Kier molecular flexibility index (Phi) is 4.35. The zero-order chi connectivity index (χ0) is 17.4. The van der Waals surface area contributed by atoms with E-state index in [1.807, 2.05) is 12.3 Å². The van der Waals surface area contributed by atoms with Gasteiger partial charge in [0, 0.05) is 38.0 Å². The number of carbonyl (C=O) groups excluding carboxylic acids is 2. The van der Waals surface area contributed by atoms with E-state index >= 15 is 0 Å². The quantitative estimate of drug-likeness (QED) is 0.886. The molecule has 4 rings (SSSR count). The van der Waals surface area contributed by atoms with Gasteiger partial charge in [-0.25, -0.2) is 4.98 Å². The van der Waals surface area contributed by atoms with E-state index in [0.29, 0.717) is 18.7 Å². The summed E-state index contributed by atoms with van der Waals surface area (Å²) in [6.07, 6.45) is 5.62. The Morgan fingerprint density at radius 1 is 1.44 bits per heavy atom. The van der Waals surface area contributed by atoms with Crippen LogP contribution in [0.3, 0.4) is 0 Å². The van der Waals surface area contributed by atoms with Gasteiger partial charge in [-0.3, -0.25) is 9.59 Å². The summed E-state index contributed by atoms with van der Waals surface area (Å²) < 4.78 is 0. The summed E-state index contributed by atoms with van der Waals surface area (Å²) in [5.41, 5.74) is 1.05. The summed E-state index contributed by atoms with van der Waals surface area (Å²) in [4.78, 5) is 33.1. The molecule has 2 amide bonds. The fraction of sp³-hybridized carbons (Fsp3) is 0.611. The van der Waals surface area contributed by atoms with Crippen LogP contribution in [0.15, 0.2) is 18.3 Å². The molecule has 0 radical (unpaired) electrons. The highest BCUT2D eigenvalue weighted by atomic mass is 32.2. The van der Waals surface area contributed by atoms with Gasteiger partial charge < -0.3 is 15.1 Å². The molecule has 2 atom stereocenters.